The number of rotatable bonds is 7. The highest BCUT2D eigenvalue weighted by Gasteiger charge is 2.13. The fraction of sp³-hybridized carbons (Fsp3) is 0.316. The largest absolute Gasteiger partial charge is 0.454 e. The normalized spacial score (nSPS) is 13.4. The minimum atomic E-state index is -3.42. The van der Waals surface area contributed by atoms with Gasteiger partial charge in [0.25, 0.3) is 0 Å². The highest BCUT2D eigenvalue weighted by Crippen LogP contribution is 2.32. The molecule has 3 rings (SSSR count). The molecule has 1 aliphatic heterocycles. The second-order valence-corrected chi connectivity index (χ2v) is 7.97. The van der Waals surface area contributed by atoms with Crippen LogP contribution < -0.4 is 24.8 Å². The number of hydrogen-bond donors (Lipinski definition) is 3. The number of sulfonamides is 1. The third-order valence-corrected chi connectivity index (χ3v) is 5.59. The van der Waals surface area contributed by atoms with E-state index in [1.807, 2.05) is 25.1 Å². The Morgan fingerprint density at radius 3 is 2.46 bits per heavy atom. The first-order chi connectivity index (χ1) is 13.5. The van der Waals surface area contributed by atoms with Crippen molar-refractivity contribution < 1.29 is 17.9 Å². The lowest BCUT2D eigenvalue weighted by atomic mass is 10.2. The number of aliphatic imine (C=N–C) groups is 1. The van der Waals surface area contributed by atoms with E-state index in [-0.39, 0.29) is 11.7 Å². The van der Waals surface area contributed by atoms with Crippen molar-refractivity contribution in [1.29, 1.82) is 0 Å². The van der Waals surface area contributed by atoms with Gasteiger partial charge in [0.1, 0.15) is 0 Å². The third kappa shape index (κ3) is 4.93. The summed E-state index contributed by atoms with van der Waals surface area (Å²) in [7, 11) is -2.03. The number of ether oxygens (including phenoxy) is 2. The molecule has 0 aliphatic carbocycles. The average molecular weight is 404 g/mol. The zero-order valence-electron chi connectivity index (χ0n) is 15.9. The molecule has 1 heterocycles. The molecule has 0 bridgehead atoms. The maximum atomic E-state index is 11.8. The van der Waals surface area contributed by atoms with Gasteiger partial charge in [-0.25, -0.2) is 18.1 Å². The van der Waals surface area contributed by atoms with E-state index in [2.05, 4.69) is 20.3 Å². The van der Waals surface area contributed by atoms with Crippen LogP contribution in [-0.2, 0) is 23.1 Å². The van der Waals surface area contributed by atoms with Gasteiger partial charge >= 0.3 is 0 Å². The molecule has 0 unspecified atom stereocenters. The summed E-state index contributed by atoms with van der Waals surface area (Å²) < 4.78 is 36.6. The Bertz CT molecular complexity index is 943. The van der Waals surface area contributed by atoms with Crippen molar-refractivity contribution in [3.05, 3.63) is 53.6 Å². The fourth-order valence-corrected chi connectivity index (χ4v) is 3.37. The molecule has 0 spiro atoms. The van der Waals surface area contributed by atoms with Crippen LogP contribution in [0, 0.1) is 0 Å². The number of benzene rings is 2. The van der Waals surface area contributed by atoms with Crippen molar-refractivity contribution in [2.45, 2.75) is 24.9 Å². The van der Waals surface area contributed by atoms with E-state index in [4.69, 9.17) is 9.47 Å². The van der Waals surface area contributed by atoms with E-state index in [0.717, 1.165) is 29.2 Å². The van der Waals surface area contributed by atoms with Crippen LogP contribution >= 0.6 is 0 Å². The van der Waals surface area contributed by atoms with Crippen molar-refractivity contribution in [1.82, 2.24) is 15.4 Å². The zero-order valence-corrected chi connectivity index (χ0v) is 16.7. The number of hydrogen-bond acceptors (Lipinski definition) is 5. The van der Waals surface area contributed by atoms with Gasteiger partial charge in [0.2, 0.25) is 16.8 Å². The highest BCUT2D eigenvalue weighted by molar-refractivity contribution is 7.89. The molecule has 1 aliphatic rings. The molecule has 0 amide bonds. The summed E-state index contributed by atoms with van der Waals surface area (Å²) in [5.74, 6) is 2.16. The molecule has 0 aromatic heterocycles. The molecular formula is C19H24N4O4S. The van der Waals surface area contributed by atoms with Crippen LogP contribution in [0.5, 0.6) is 11.5 Å². The Balaban J connectivity index is 1.62. The van der Waals surface area contributed by atoms with Crippen LogP contribution in [0.15, 0.2) is 52.4 Å². The molecule has 0 saturated carbocycles. The Morgan fingerprint density at radius 2 is 1.75 bits per heavy atom. The SMILES string of the molecule is CCNC(=NCc1ccc2c(c1)OCO2)NCc1ccc(S(=O)(=O)NC)cc1. The van der Waals surface area contributed by atoms with Gasteiger partial charge in [-0.1, -0.05) is 18.2 Å². The molecular weight excluding hydrogens is 380 g/mol. The number of nitrogens with one attached hydrogen (secondary N) is 3. The summed E-state index contributed by atoms with van der Waals surface area (Å²) in [6, 6.07) is 12.5. The molecule has 9 heteroatoms. The van der Waals surface area contributed by atoms with Gasteiger partial charge in [-0.2, -0.15) is 0 Å². The van der Waals surface area contributed by atoms with Crippen molar-refractivity contribution in [3.63, 3.8) is 0 Å². The first kappa shape index (κ1) is 20.0. The van der Waals surface area contributed by atoms with Crippen LogP contribution in [-0.4, -0.2) is 34.8 Å². The lowest BCUT2D eigenvalue weighted by Crippen LogP contribution is -2.36. The Labute approximate surface area is 165 Å². The minimum absolute atomic E-state index is 0.238. The lowest BCUT2D eigenvalue weighted by Gasteiger charge is -2.12. The number of nitrogens with zero attached hydrogens (tertiary/aromatic N) is 1. The fourth-order valence-electron chi connectivity index (χ4n) is 2.64. The van der Waals surface area contributed by atoms with Gasteiger partial charge < -0.3 is 20.1 Å². The Morgan fingerprint density at radius 1 is 1.04 bits per heavy atom. The van der Waals surface area contributed by atoms with Gasteiger partial charge in [-0.15, -0.1) is 0 Å². The smallest absolute Gasteiger partial charge is 0.240 e. The van der Waals surface area contributed by atoms with Crippen molar-refractivity contribution in [2.75, 3.05) is 20.4 Å². The van der Waals surface area contributed by atoms with E-state index < -0.39 is 10.0 Å². The maximum Gasteiger partial charge on any atom is 0.240 e. The Hall–Kier alpha value is -2.78. The number of fused-ring (bicyclic) bond motifs is 1. The van der Waals surface area contributed by atoms with Crippen LogP contribution in [0.4, 0.5) is 0 Å². The van der Waals surface area contributed by atoms with Crippen molar-refractivity contribution in [3.8, 4) is 11.5 Å². The van der Waals surface area contributed by atoms with E-state index in [1.165, 1.54) is 7.05 Å². The zero-order chi connectivity index (χ0) is 20.0. The van der Waals surface area contributed by atoms with E-state index in [0.29, 0.717) is 19.0 Å². The topological polar surface area (TPSA) is 101 Å². The molecule has 0 fully saturated rings. The molecule has 2 aromatic carbocycles. The summed E-state index contributed by atoms with van der Waals surface area (Å²) in [6.45, 7) is 3.99. The van der Waals surface area contributed by atoms with Gasteiger partial charge in [-0.05, 0) is 49.4 Å². The summed E-state index contributed by atoms with van der Waals surface area (Å²) in [5, 5.41) is 6.45. The van der Waals surface area contributed by atoms with Crippen molar-refractivity contribution >= 4 is 16.0 Å². The second kappa shape index (κ2) is 8.94. The molecule has 0 atom stereocenters. The molecule has 3 N–H and O–H groups in total. The van der Waals surface area contributed by atoms with Crippen LogP contribution in [0.2, 0.25) is 0 Å². The van der Waals surface area contributed by atoms with E-state index in [9.17, 15) is 8.42 Å². The predicted molar refractivity (Wildman–Crippen MR) is 107 cm³/mol. The minimum Gasteiger partial charge on any atom is -0.454 e. The van der Waals surface area contributed by atoms with Crippen LogP contribution in [0.25, 0.3) is 0 Å². The average Bonchev–Trinajstić information content (AvgIpc) is 3.18. The summed E-state index contributed by atoms with van der Waals surface area (Å²) in [6.07, 6.45) is 0. The predicted octanol–water partition coefficient (Wildman–Crippen LogP) is 1.58. The summed E-state index contributed by atoms with van der Waals surface area (Å²) in [4.78, 5) is 4.82. The van der Waals surface area contributed by atoms with Gasteiger partial charge in [0, 0.05) is 13.1 Å². The van der Waals surface area contributed by atoms with Crippen molar-refractivity contribution in [2.24, 2.45) is 4.99 Å². The highest BCUT2D eigenvalue weighted by atomic mass is 32.2. The van der Waals surface area contributed by atoms with E-state index in [1.54, 1.807) is 24.3 Å². The quantitative estimate of drug-likeness (QED) is 0.478. The van der Waals surface area contributed by atoms with Gasteiger partial charge in [0.15, 0.2) is 17.5 Å². The summed E-state index contributed by atoms with van der Waals surface area (Å²) in [5.41, 5.74) is 1.96. The molecule has 8 nitrogen and oxygen atoms in total. The second-order valence-electron chi connectivity index (χ2n) is 6.09. The van der Waals surface area contributed by atoms with Gasteiger partial charge in [-0.3, -0.25) is 0 Å². The van der Waals surface area contributed by atoms with Crippen LogP contribution in [0.1, 0.15) is 18.1 Å². The maximum absolute atomic E-state index is 11.8. The first-order valence-corrected chi connectivity index (χ1v) is 10.4. The van der Waals surface area contributed by atoms with Gasteiger partial charge in [0.05, 0.1) is 11.4 Å². The molecule has 2 aromatic rings. The molecule has 0 radical (unpaired) electrons. The monoisotopic (exact) mass is 404 g/mol. The Kier molecular flexibility index (Phi) is 6.37. The van der Waals surface area contributed by atoms with E-state index >= 15 is 0 Å². The number of guanidine groups is 1. The summed E-state index contributed by atoms with van der Waals surface area (Å²) >= 11 is 0. The molecule has 150 valence electrons. The lowest BCUT2D eigenvalue weighted by molar-refractivity contribution is 0.174. The molecule has 0 saturated heterocycles. The van der Waals surface area contributed by atoms with Crippen LogP contribution in [0.3, 0.4) is 0 Å². The molecule has 28 heavy (non-hydrogen) atoms. The standard InChI is InChI=1S/C19H24N4O4S/c1-3-21-19(23-12-15-6-9-17-18(10-15)27-13-26-17)22-11-14-4-7-16(8-5-14)28(24,25)20-2/h4-10,20H,3,11-13H2,1-2H3,(H2,21,22,23). The first-order valence-electron chi connectivity index (χ1n) is 8.95. The third-order valence-electron chi connectivity index (χ3n) is 4.16.